The van der Waals surface area contributed by atoms with Gasteiger partial charge in [0.05, 0.1) is 0 Å². The Labute approximate surface area is 138 Å². The van der Waals surface area contributed by atoms with Crippen LogP contribution in [0.5, 0.6) is 11.5 Å². The first-order valence-corrected chi connectivity index (χ1v) is 8.19. The van der Waals surface area contributed by atoms with Crippen LogP contribution >= 0.6 is 0 Å². The first-order chi connectivity index (χ1) is 11.2. The highest BCUT2D eigenvalue weighted by Crippen LogP contribution is 2.27. The highest BCUT2D eigenvalue weighted by atomic mass is 16.5. The van der Waals surface area contributed by atoms with Gasteiger partial charge in [0.2, 0.25) is 0 Å². The van der Waals surface area contributed by atoms with Crippen molar-refractivity contribution in [3.8, 4) is 11.5 Å². The van der Waals surface area contributed by atoms with E-state index in [0.29, 0.717) is 5.92 Å². The molecule has 0 aromatic heterocycles. The average Bonchev–Trinajstić information content (AvgIpc) is 2.59. The molecule has 1 heterocycles. The van der Waals surface area contributed by atoms with Crippen LogP contribution in [0.25, 0.3) is 0 Å². The second-order valence-electron chi connectivity index (χ2n) is 6.44. The quantitative estimate of drug-likeness (QED) is 0.515. The summed E-state index contributed by atoms with van der Waals surface area (Å²) in [5.41, 5.74) is 5.11. The number of rotatable bonds is 2. The Balaban J connectivity index is 1.92. The van der Waals surface area contributed by atoms with Gasteiger partial charge in [-0.05, 0) is 34.5 Å². The van der Waals surface area contributed by atoms with Crippen molar-refractivity contribution >= 4 is 23.1 Å². The normalized spacial score (nSPS) is 12.6. The highest BCUT2D eigenvalue weighted by molar-refractivity contribution is 6.96. The summed E-state index contributed by atoms with van der Waals surface area (Å²) in [6, 6.07) is 25.7. The number of hydrogen-bond donors (Lipinski definition) is 0. The smallest absolute Gasteiger partial charge is 0.250 e. The molecule has 0 N–H and O–H groups in total. The standard InChI is InChI=1S/C21H19BO/c1-15(2)16-12-13-19-21(14-16)23-20-11-7-6-10-18(20)22(19)17-8-4-3-5-9-17/h3-15H,1-2H3. The third-order valence-electron chi connectivity index (χ3n) is 4.60. The third kappa shape index (κ3) is 2.44. The van der Waals surface area contributed by atoms with Crippen LogP contribution in [0.3, 0.4) is 0 Å². The molecule has 3 aromatic rings. The van der Waals surface area contributed by atoms with E-state index in [1.54, 1.807) is 0 Å². The Morgan fingerprint density at radius 2 is 1.43 bits per heavy atom. The largest absolute Gasteiger partial charge is 0.458 e. The lowest BCUT2D eigenvalue weighted by atomic mass is 9.36. The van der Waals surface area contributed by atoms with E-state index in [-0.39, 0.29) is 6.71 Å². The molecule has 0 radical (unpaired) electrons. The summed E-state index contributed by atoms with van der Waals surface area (Å²) >= 11 is 0. The van der Waals surface area contributed by atoms with E-state index in [0.717, 1.165) is 11.5 Å². The fraction of sp³-hybridized carbons (Fsp3) is 0.143. The van der Waals surface area contributed by atoms with Crippen molar-refractivity contribution in [2.24, 2.45) is 0 Å². The molecule has 3 aromatic carbocycles. The van der Waals surface area contributed by atoms with Gasteiger partial charge in [-0.25, -0.2) is 0 Å². The zero-order valence-corrected chi connectivity index (χ0v) is 13.5. The van der Waals surface area contributed by atoms with Gasteiger partial charge >= 0.3 is 0 Å². The SMILES string of the molecule is CC(C)c1ccc2c(c1)Oc1ccccc1B2c1ccccc1. The number of hydrogen-bond acceptors (Lipinski definition) is 1. The molecule has 1 aliphatic heterocycles. The molecule has 4 rings (SSSR count). The molecule has 1 nitrogen and oxygen atoms in total. The molecule has 1 aliphatic rings. The van der Waals surface area contributed by atoms with Gasteiger partial charge in [0.15, 0.2) is 0 Å². The fourth-order valence-corrected chi connectivity index (χ4v) is 3.34. The van der Waals surface area contributed by atoms with Crippen LogP contribution in [0.2, 0.25) is 0 Å². The maximum absolute atomic E-state index is 6.22. The van der Waals surface area contributed by atoms with E-state index < -0.39 is 0 Å². The van der Waals surface area contributed by atoms with E-state index in [4.69, 9.17) is 4.74 Å². The van der Waals surface area contributed by atoms with Crippen molar-refractivity contribution in [1.82, 2.24) is 0 Å². The summed E-state index contributed by atoms with van der Waals surface area (Å²) < 4.78 is 6.22. The molecule has 0 amide bonds. The summed E-state index contributed by atoms with van der Waals surface area (Å²) in [6.07, 6.45) is 0. The number of benzene rings is 3. The monoisotopic (exact) mass is 298 g/mol. The highest BCUT2D eigenvalue weighted by Gasteiger charge is 2.31. The summed E-state index contributed by atoms with van der Waals surface area (Å²) in [7, 11) is 0. The van der Waals surface area contributed by atoms with Gasteiger partial charge < -0.3 is 4.74 Å². The lowest BCUT2D eigenvalue weighted by molar-refractivity contribution is 0.486. The minimum absolute atomic E-state index is 0.234. The molecule has 0 spiro atoms. The molecule has 0 aliphatic carbocycles. The topological polar surface area (TPSA) is 9.23 Å². The Bertz CT molecular complexity index is 839. The predicted octanol–water partition coefficient (Wildman–Crippen LogP) is 3.43. The second-order valence-corrected chi connectivity index (χ2v) is 6.44. The Morgan fingerprint density at radius 1 is 0.739 bits per heavy atom. The molecule has 23 heavy (non-hydrogen) atoms. The van der Waals surface area contributed by atoms with Gasteiger partial charge in [0.25, 0.3) is 6.71 Å². The van der Waals surface area contributed by atoms with Crippen LogP contribution in [0, 0.1) is 0 Å². The lowest BCUT2D eigenvalue weighted by Crippen LogP contribution is -2.54. The van der Waals surface area contributed by atoms with E-state index in [9.17, 15) is 0 Å². The molecule has 0 unspecified atom stereocenters. The molecule has 0 fully saturated rings. The molecular weight excluding hydrogens is 279 g/mol. The Morgan fingerprint density at radius 3 is 2.22 bits per heavy atom. The van der Waals surface area contributed by atoms with Crippen molar-refractivity contribution in [3.63, 3.8) is 0 Å². The first kappa shape index (κ1) is 14.1. The van der Waals surface area contributed by atoms with Gasteiger partial charge in [-0.3, -0.25) is 0 Å². The molecule has 0 saturated carbocycles. The van der Waals surface area contributed by atoms with E-state index >= 15 is 0 Å². The average molecular weight is 298 g/mol. The van der Waals surface area contributed by atoms with Crippen LogP contribution in [0.4, 0.5) is 0 Å². The maximum Gasteiger partial charge on any atom is 0.250 e. The van der Waals surface area contributed by atoms with Crippen molar-refractivity contribution in [2.75, 3.05) is 0 Å². The zero-order chi connectivity index (χ0) is 15.8. The molecule has 112 valence electrons. The minimum Gasteiger partial charge on any atom is -0.458 e. The zero-order valence-electron chi connectivity index (χ0n) is 13.5. The molecule has 0 saturated heterocycles. The minimum atomic E-state index is 0.234. The van der Waals surface area contributed by atoms with Crippen molar-refractivity contribution in [3.05, 3.63) is 78.4 Å². The van der Waals surface area contributed by atoms with Crippen LogP contribution in [0.1, 0.15) is 25.3 Å². The van der Waals surface area contributed by atoms with Crippen LogP contribution in [-0.2, 0) is 0 Å². The Kier molecular flexibility index (Phi) is 3.46. The van der Waals surface area contributed by atoms with E-state index in [2.05, 4.69) is 80.6 Å². The van der Waals surface area contributed by atoms with Crippen molar-refractivity contribution in [1.29, 1.82) is 0 Å². The third-order valence-corrected chi connectivity index (χ3v) is 4.60. The van der Waals surface area contributed by atoms with Crippen LogP contribution < -0.4 is 21.1 Å². The van der Waals surface area contributed by atoms with Gasteiger partial charge in [-0.2, -0.15) is 0 Å². The molecular formula is C21H19BO. The molecule has 0 atom stereocenters. The first-order valence-electron chi connectivity index (χ1n) is 8.19. The number of ether oxygens (including phenoxy) is 1. The fourth-order valence-electron chi connectivity index (χ4n) is 3.34. The maximum atomic E-state index is 6.22. The van der Waals surface area contributed by atoms with E-state index in [1.165, 1.54) is 22.0 Å². The Hall–Kier alpha value is -2.48. The van der Waals surface area contributed by atoms with Crippen LogP contribution in [0.15, 0.2) is 72.8 Å². The van der Waals surface area contributed by atoms with E-state index in [1.807, 2.05) is 6.07 Å². The summed E-state index contributed by atoms with van der Waals surface area (Å²) in [5.74, 6) is 2.45. The van der Waals surface area contributed by atoms with Gasteiger partial charge in [0, 0.05) is 0 Å². The molecule has 2 heteroatoms. The second kappa shape index (κ2) is 5.62. The molecule has 0 bridgehead atoms. The number of para-hydroxylation sites is 1. The predicted molar refractivity (Wildman–Crippen MR) is 98.1 cm³/mol. The summed E-state index contributed by atoms with van der Waals surface area (Å²) in [4.78, 5) is 0. The number of fused-ring (bicyclic) bond motifs is 2. The van der Waals surface area contributed by atoms with Gasteiger partial charge in [0.1, 0.15) is 11.5 Å². The van der Waals surface area contributed by atoms with Gasteiger partial charge in [-0.1, -0.05) is 80.0 Å². The lowest BCUT2D eigenvalue weighted by Gasteiger charge is -2.27. The van der Waals surface area contributed by atoms with Crippen LogP contribution in [-0.4, -0.2) is 6.71 Å². The van der Waals surface area contributed by atoms with Crippen molar-refractivity contribution < 1.29 is 4.74 Å². The van der Waals surface area contributed by atoms with Crippen molar-refractivity contribution in [2.45, 2.75) is 19.8 Å². The van der Waals surface area contributed by atoms with Gasteiger partial charge in [-0.15, -0.1) is 0 Å². The summed E-state index contributed by atoms with van der Waals surface area (Å²) in [5, 5.41) is 0. The summed E-state index contributed by atoms with van der Waals surface area (Å²) in [6.45, 7) is 4.66.